The Hall–Kier alpha value is -2.44. The average molecular weight is 350 g/mol. The average Bonchev–Trinajstić information content (AvgIpc) is 2.63. The van der Waals surface area contributed by atoms with Crippen LogP contribution in [0, 0.1) is 0 Å². The van der Waals surface area contributed by atoms with Gasteiger partial charge in [0, 0.05) is 18.3 Å². The molecule has 24 heavy (non-hydrogen) atoms. The predicted molar refractivity (Wildman–Crippen MR) is 89.6 cm³/mol. The van der Waals surface area contributed by atoms with Crippen LogP contribution in [0.3, 0.4) is 0 Å². The van der Waals surface area contributed by atoms with E-state index >= 15 is 0 Å². The van der Waals surface area contributed by atoms with Gasteiger partial charge in [0.25, 0.3) is 0 Å². The fraction of sp³-hybridized carbons (Fsp3) is 0.235. The molecule has 2 aromatic rings. The van der Waals surface area contributed by atoms with E-state index in [9.17, 15) is 9.90 Å². The van der Waals surface area contributed by atoms with E-state index in [1.807, 2.05) is 12.1 Å². The molecule has 0 bridgehead atoms. The second kappa shape index (κ2) is 6.98. The van der Waals surface area contributed by atoms with Gasteiger partial charge in [-0.25, -0.2) is 4.79 Å². The van der Waals surface area contributed by atoms with Crippen molar-refractivity contribution >= 4 is 23.3 Å². The summed E-state index contributed by atoms with van der Waals surface area (Å²) in [7, 11) is 1.30. The molecule has 0 saturated heterocycles. The number of esters is 1. The van der Waals surface area contributed by atoms with Gasteiger partial charge in [-0.2, -0.15) is 0 Å². The molecule has 0 aliphatic carbocycles. The number of hydrogen-bond donors (Lipinski definition) is 2. The van der Waals surface area contributed by atoms with Crippen LogP contribution in [0.15, 0.2) is 36.4 Å². The lowest BCUT2D eigenvalue weighted by Gasteiger charge is -2.23. The largest absolute Gasteiger partial charge is 0.465 e. The first-order valence-corrected chi connectivity index (χ1v) is 7.85. The van der Waals surface area contributed by atoms with E-state index in [0.29, 0.717) is 28.7 Å². The first kappa shape index (κ1) is 16.4. The summed E-state index contributed by atoms with van der Waals surface area (Å²) in [5.41, 5.74) is 0.814. The number of aliphatic hydroxyl groups excluding tert-OH is 1. The van der Waals surface area contributed by atoms with Crippen LogP contribution in [-0.4, -0.2) is 36.7 Å². The van der Waals surface area contributed by atoms with E-state index in [1.54, 1.807) is 24.3 Å². The third-order valence-corrected chi connectivity index (χ3v) is 3.82. The molecule has 0 amide bonds. The number of fused-ring (bicyclic) bond motifs is 2. The molecule has 1 heterocycles. The Balaban J connectivity index is 1.97. The number of ether oxygens (including phenoxy) is 3. The molecule has 6 nitrogen and oxygen atoms in total. The van der Waals surface area contributed by atoms with Crippen LogP contribution >= 0.6 is 11.6 Å². The fourth-order valence-corrected chi connectivity index (χ4v) is 2.39. The number of halogens is 1. The molecule has 1 atom stereocenters. The zero-order chi connectivity index (χ0) is 17.1. The SMILES string of the molecule is COC(=O)c1cc(NCC(O)CCl)cc2c1Oc1ccccc1O2. The summed E-state index contributed by atoms with van der Waals surface area (Å²) in [6.07, 6.45) is -0.706. The van der Waals surface area contributed by atoms with Crippen LogP contribution in [0.4, 0.5) is 5.69 Å². The minimum absolute atomic E-state index is 0.106. The number of hydrogen-bond acceptors (Lipinski definition) is 6. The van der Waals surface area contributed by atoms with E-state index < -0.39 is 12.1 Å². The molecule has 0 spiro atoms. The Kier molecular flexibility index (Phi) is 4.78. The van der Waals surface area contributed by atoms with Gasteiger partial charge in [0.15, 0.2) is 23.0 Å². The number of carbonyl (C=O) groups is 1. The highest BCUT2D eigenvalue weighted by Gasteiger charge is 2.26. The lowest BCUT2D eigenvalue weighted by atomic mass is 10.1. The smallest absolute Gasteiger partial charge is 0.341 e. The topological polar surface area (TPSA) is 77.0 Å². The molecule has 1 aliphatic rings. The van der Waals surface area contributed by atoms with Gasteiger partial charge in [0.1, 0.15) is 5.56 Å². The van der Waals surface area contributed by atoms with E-state index in [1.165, 1.54) is 7.11 Å². The zero-order valence-electron chi connectivity index (χ0n) is 12.9. The monoisotopic (exact) mass is 349 g/mol. The summed E-state index contributed by atoms with van der Waals surface area (Å²) < 4.78 is 16.5. The minimum Gasteiger partial charge on any atom is -0.465 e. The van der Waals surface area contributed by atoms with Crippen LogP contribution in [0.5, 0.6) is 23.0 Å². The van der Waals surface area contributed by atoms with Crippen molar-refractivity contribution in [2.75, 3.05) is 24.9 Å². The number of para-hydroxylation sites is 2. The van der Waals surface area contributed by atoms with Gasteiger partial charge in [0.2, 0.25) is 0 Å². The van der Waals surface area contributed by atoms with Crippen molar-refractivity contribution in [3.8, 4) is 23.0 Å². The molecule has 1 aliphatic heterocycles. The normalized spacial score (nSPS) is 13.0. The Morgan fingerprint density at radius 2 is 1.96 bits per heavy atom. The van der Waals surface area contributed by atoms with Gasteiger partial charge < -0.3 is 24.6 Å². The van der Waals surface area contributed by atoms with Crippen molar-refractivity contribution in [2.24, 2.45) is 0 Å². The number of benzene rings is 2. The summed E-state index contributed by atoms with van der Waals surface area (Å²) in [4.78, 5) is 12.1. The van der Waals surface area contributed by atoms with Gasteiger partial charge in [-0.1, -0.05) is 12.1 Å². The second-order valence-electron chi connectivity index (χ2n) is 5.18. The lowest BCUT2D eigenvalue weighted by molar-refractivity contribution is 0.0597. The predicted octanol–water partition coefficient (Wildman–Crippen LogP) is 3.38. The van der Waals surface area contributed by atoms with E-state index in [2.05, 4.69) is 5.32 Å². The van der Waals surface area contributed by atoms with E-state index in [0.717, 1.165) is 0 Å². The molecule has 7 heteroatoms. The maximum Gasteiger partial charge on any atom is 0.341 e. The van der Waals surface area contributed by atoms with Crippen LogP contribution in [0.1, 0.15) is 10.4 Å². The number of aliphatic hydroxyl groups is 1. The number of alkyl halides is 1. The standard InChI is InChI=1S/C17H16ClNO5/c1-22-17(21)12-6-10(19-9-11(20)8-18)7-15-16(12)24-14-5-3-2-4-13(14)23-15/h2-7,11,19-20H,8-9H2,1H3. The highest BCUT2D eigenvalue weighted by Crippen LogP contribution is 2.48. The molecule has 2 aromatic carbocycles. The first-order chi connectivity index (χ1) is 11.6. The summed E-state index contributed by atoms with van der Waals surface area (Å²) in [5, 5.41) is 12.6. The second-order valence-corrected chi connectivity index (χ2v) is 5.49. The molecule has 1 unspecified atom stereocenters. The summed E-state index contributed by atoms with van der Waals surface area (Å²) in [6.45, 7) is 0.236. The Morgan fingerprint density at radius 3 is 2.62 bits per heavy atom. The fourth-order valence-electron chi connectivity index (χ4n) is 2.28. The van der Waals surface area contributed by atoms with Gasteiger partial charge in [-0.15, -0.1) is 11.6 Å². The molecular formula is C17H16ClNO5. The molecule has 0 aromatic heterocycles. The molecule has 0 fully saturated rings. The number of rotatable bonds is 5. The molecule has 3 rings (SSSR count). The molecule has 126 valence electrons. The quantitative estimate of drug-likeness (QED) is 0.543. The third-order valence-electron chi connectivity index (χ3n) is 3.46. The van der Waals surface area contributed by atoms with E-state index in [4.69, 9.17) is 25.8 Å². The molecular weight excluding hydrogens is 334 g/mol. The van der Waals surface area contributed by atoms with Gasteiger partial charge in [0.05, 0.1) is 19.1 Å². The zero-order valence-corrected chi connectivity index (χ0v) is 13.7. The van der Waals surface area contributed by atoms with Crippen LogP contribution < -0.4 is 14.8 Å². The molecule has 0 saturated carbocycles. The number of anilines is 1. The third kappa shape index (κ3) is 3.25. The van der Waals surface area contributed by atoms with Crippen molar-refractivity contribution in [3.05, 3.63) is 42.0 Å². The minimum atomic E-state index is -0.706. The maximum absolute atomic E-state index is 12.1. The van der Waals surface area contributed by atoms with Crippen molar-refractivity contribution in [1.82, 2.24) is 0 Å². The van der Waals surface area contributed by atoms with Crippen molar-refractivity contribution in [1.29, 1.82) is 0 Å². The van der Waals surface area contributed by atoms with E-state index in [-0.39, 0.29) is 18.0 Å². The van der Waals surface area contributed by atoms with Gasteiger partial charge >= 0.3 is 5.97 Å². The Bertz CT molecular complexity index is 765. The van der Waals surface area contributed by atoms with Crippen LogP contribution in [0.25, 0.3) is 0 Å². The van der Waals surface area contributed by atoms with Crippen LogP contribution in [0.2, 0.25) is 0 Å². The first-order valence-electron chi connectivity index (χ1n) is 7.31. The molecule has 0 radical (unpaired) electrons. The highest BCUT2D eigenvalue weighted by molar-refractivity contribution is 6.18. The lowest BCUT2D eigenvalue weighted by Crippen LogP contribution is -2.21. The number of methoxy groups -OCH3 is 1. The van der Waals surface area contributed by atoms with Gasteiger partial charge in [-0.3, -0.25) is 0 Å². The maximum atomic E-state index is 12.1. The number of carbonyl (C=O) groups excluding carboxylic acids is 1. The Morgan fingerprint density at radius 1 is 1.25 bits per heavy atom. The summed E-state index contributed by atoms with van der Waals surface area (Å²) in [5.74, 6) is 1.32. The summed E-state index contributed by atoms with van der Waals surface area (Å²) in [6, 6.07) is 10.4. The Labute approximate surface area is 143 Å². The van der Waals surface area contributed by atoms with Crippen molar-refractivity contribution < 1.29 is 24.1 Å². The molecule has 2 N–H and O–H groups in total. The van der Waals surface area contributed by atoms with Crippen molar-refractivity contribution in [2.45, 2.75) is 6.10 Å². The highest BCUT2D eigenvalue weighted by atomic mass is 35.5. The number of nitrogens with one attached hydrogen (secondary N) is 1. The van der Waals surface area contributed by atoms with Crippen molar-refractivity contribution in [3.63, 3.8) is 0 Å². The van der Waals surface area contributed by atoms with Crippen LogP contribution in [-0.2, 0) is 4.74 Å². The summed E-state index contributed by atoms with van der Waals surface area (Å²) >= 11 is 5.59. The van der Waals surface area contributed by atoms with Gasteiger partial charge in [-0.05, 0) is 18.2 Å².